The highest BCUT2D eigenvalue weighted by molar-refractivity contribution is 6.40. The first-order chi connectivity index (χ1) is 10.1. The predicted molar refractivity (Wildman–Crippen MR) is 81.3 cm³/mol. The quantitative estimate of drug-likeness (QED) is 0.545. The van der Waals surface area contributed by atoms with Crippen molar-refractivity contribution in [1.82, 2.24) is 0 Å². The first kappa shape index (κ1) is 16.9. The van der Waals surface area contributed by atoms with Crippen molar-refractivity contribution in [2.75, 3.05) is 13.7 Å². The van der Waals surface area contributed by atoms with Crippen molar-refractivity contribution in [1.29, 1.82) is 0 Å². The molecule has 1 aromatic carbocycles. The first-order valence-electron chi connectivity index (χ1n) is 7.01. The van der Waals surface area contributed by atoms with Crippen LogP contribution in [0.1, 0.15) is 33.1 Å². The van der Waals surface area contributed by atoms with Crippen molar-refractivity contribution in [3.05, 3.63) is 24.3 Å². The van der Waals surface area contributed by atoms with Crippen LogP contribution in [-0.4, -0.2) is 31.2 Å². The molecule has 1 aromatic rings. The van der Waals surface area contributed by atoms with Crippen molar-refractivity contribution in [2.45, 2.75) is 33.1 Å². The highest BCUT2D eigenvalue weighted by Crippen LogP contribution is 2.20. The fourth-order valence-corrected chi connectivity index (χ4v) is 1.76. The van der Waals surface area contributed by atoms with Gasteiger partial charge in [-0.2, -0.15) is 0 Å². The number of carbonyl (C=O) groups excluding carboxylic acids is 2. The number of ketones is 1. The molecular weight excluding hydrogens is 270 g/mol. The number of rotatable bonds is 8. The molecule has 0 aromatic heterocycles. The SMILES string of the molecule is CCCC(=O)CC(=Nc1cccc(OC)c1)C(=O)OCC. The maximum Gasteiger partial charge on any atom is 0.353 e. The number of hydrogen-bond donors (Lipinski definition) is 0. The first-order valence-corrected chi connectivity index (χ1v) is 7.01. The second-order valence-corrected chi connectivity index (χ2v) is 4.45. The lowest BCUT2D eigenvalue weighted by atomic mass is 10.1. The molecule has 0 saturated heterocycles. The summed E-state index contributed by atoms with van der Waals surface area (Å²) >= 11 is 0. The van der Waals surface area contributed by atoms with Gasteiger partial charge in [0.2, 0.25) is 0 Å². The number of nitrogens with zero attached hydrogens (tertiary/aromatic N) is 1. The molecule has 0 radical (unpaired) electrons. The van der Waals surface area contributed by atoms with Gasteiger partial charge in [-0.1, -0.05) is 13.0 Å². The van der Waals surface area contributed by atoms with Crippen LogP contribution >= 0.6 is 0 Å². The normalized spacial score (nSPS) is 11.1. The Morgan fingerprint density at radius 2 is 2.00 bits per heavy atom. The van der Waals surface area contributed by atoms with E-state index < -0.39 is 5.97 Å². The summed E-state index contributed by atoms with van der Waals surface area (Å²) in [5.74, 6) is 0.0660. The van der Waals surface area contributed by atoms with E-state index in [1.807, 2.05) is 6.92 Å². The second kappa shape index (κ2) is 8.89. The molecule has 5 heteroatoms. The molecule has 0 unspecified atom stereocenters. The van der Waals surface area contributed by atoms with E-state index in [4.69, 9.17) is 9.47 Å². The van der Waals surface area contributed by atoms with E-state index >= 15 is 0 Å². The number of hydrogen-bond acceptors (Lipinski definition) is 5. The van der Waals surface area contributed by atoms with Crippen molar-refractivity contribution in [3.63, 3.8) is 0 Å². The summed E-state index contributed by atoms with van der Waals surface area (Å²) in [6.45, 7) is 3.88. The highest BCUT2D eigenvalue weighted by atomic mass is 16.5. The van der Waals surface area contributed by atoms with Gasteiger partial charge in [0.25, 0.3) is 0 Å². The standard InChI is InChI=1S/C16H21NO4/c1-4-7-13(18)11-15(16(19)21-5-2)17-12-8-6-9-14(10-12)20-3/h6,8-10H,4-5,7,11H2,1-3H3. The minimum Gasteiger partial charge on any atom is -0.497 e. The maximum absolute atomic E-state index is 11.9. The fraction of sp³-hybridized carbons (Fsp3) is 0.438. The minimum absolute atomic E-state index is 0.0100. The van der Waals surface area contributed by atoms with Crippen molar-refractivity contribution in [2.24, 2.45) is 4.99 Å². The monoisotopic (exact) mass is 291 g/mol. The predicted octanol–water partition coefficient (Wildman–Crippen LogP) is 3.09. The lowest BCUT2D eigenvalue weighted by Crippen LogP contribution is -2.20. The molecule has 0 fully saturated rings. The molecule has 1 rings (SSSR count). The average molecular weight is 291 g/mol. The van der Waals surface area contributed by atoms with Gasteiger partial charge in [0.1, 0.15) is 17.2 Å². The Morgan fingerprint density at radius 3 is 2.62 bits per heavy atom. The molecular formula is C16H21NO4. The molecule has 5 nitrogen and oxygen atoms in total. The zero-order chi connectivity index (χ0) is 15.7. The third-order valence-corrected chi connectivity index (χ3v) is 2.72. The van der Waals surface area contributed by atoms with Gasteiger partial charge in [-0.3, -0.25) is 4.79 Å². The van der Waals surface area contributed by atoms with Gasteiger partial charge in [-0.25, -0.2) is 9.79 Å². The number of ether oxygens (including phenoxy) is 2. The van der Waals surface area contributed by atoms with Gasteiger partial charge in [0.15, 0.2) is 0 Å². The summed E-state index contributed by atoms with van der Waals surface area (Å²) in [4.78, 5) is 27.9. The van der Waals surface area contributed by atoms with Gasteiger partial charge in [-0.15, -0.1) is 0 Å². The van der Waals surface area contributed by atoms with Gasteiger partial charge in [-0.05, 0) is 25.5 Å². The number of aliphatic imine (C=N–C) groups is 1. The third kappa shape index (κ3) is 5.77. The van der Waals surface area contributed by atoms with Gasteiger partial charge in [0.05, 0.1) is 25.8 Å². The molecule has 0 saturated carbocycles. The molecule has 114 valence electrons. The second-order valence-electron chi connectivity index (χ2n) is 4.45. The van der Waals surface area contributed by atoms with Crippen LogP contribution in [0.25, 0.3) is 0 Å². The zero-order valence-electron chi connectivity index (χ0n) is 12.7. The lowest BCUT2D eigenvalue weighted by molar-refractivity contribution is -0.135. The van der Waals surface area contributed by atoms with E-state index in [0.717, 1.165) is 6.42 Å². The molecule has 0 heterocycles. The largest absolute Gasteiger partial charge is 0.497 e. The third-order valence-electron chi connectivity index (χ3n) is 2.72. The van der Waals surface area contributed by atoms with Crippen LogP contribution in [0.4, 0.5) is 5.69 Å². The molecule has 0 atom stereocenters. The number of benzene rings is 1. The Labute approximate surface area is 125 Å². The molecule has 0 N–H and O–H groups in total. The lowest BCUT2D eigenvalue weighted by Gasteiger charge is -2.06. The smallest absolute Gasteiger partial charge is 0.353 e. The van der Waals surface area contributed by atoms with Crippen LogP contribution < -0.4 is 4.74 Å². The summed E-state index contributed by atoms with van der Waals surface area (Å²) < 4.78 is 10.1. The molecule has 0 spiro atoms. The maximum atomic E-state index is 11.9. The zero-order valence-corrected chi connectivity index (χ0v) is 12.7. The van der Waals surface area contributed by atoms with E-state index in [1.165, 1.54) is 0 Å². The fourth-order valence-electron chi connectivity index (χ4n) is 1.76. The Hall–Kier alpha value is -2.17. The van der Waals surface area contributed by atoms with E-state index in [9.17, 15) is 9.59 Å². The molecule has 0 aliphatic carbocycles. The Bertz CT molecular complexity index is 523. The summed E-state index contributed by atoms with van der Waals surface area (Å²) in [7, 11) is 1.56. The van der Waals surface area contributed by atoms with Crippen LogP contribution in [0.3, 0.4) is 0 Å². The van der Waals surface area contributed by atoms with E-state index in [-0.39, 0.29) is 24.5 Å². The molecule has 0 bridgehead atoms. The molecule has 0 aliphatic rings. The van der Waals surface area contributed by atoms with Crippen molar-refractivity contribution >= 4 is 23.2 Å². The van der Waals surface area contributed by atoms with Gasteiger partial charge >= 0.3 is 5.97 Å². The van der Waals surface area contributed by atoms with E-state index in [2.05, 4.69) is 4.99 Å². The van der Waals surface area contributed by atoms with Crippen LogP contribution in [0.15, 0.2) is 29.3 Å². The van der Waals surface area contributed by atoms with E-state index in [1.54, 1.807) is 38.3 Å². The van der Waals surface area contributed by atoms with Crippen LogP contribution in [0.5, 0.6) is 5.75 Å². The number of methoxy groups -OCH3 is 1. The van der Waals surface area contributed by atoms with Crippen LogP contribution in [0.2, 0.25) is 0 Å². The Morgan fingerprint density at radius 1 is 1.24 bits per heavy atom. The van der Waals surface area contributed by atoms with Crippen LogP contribution in [-0.2, 0) is 14.3 Å². The highest BCUT2D eigenvalue weighted by Gasteiger charge is 2.17. The van der Waals surface area contributed by atoms with Crippen molar-refractivity contribution < 1.29 is 19.1 Å². The topological polar surface area (TPSA) is 65.0 Å². The summed E-state index contributed by atoms with van der Waals surface area (Å²) in [5.41, 5.74) is 0.685. The number of carbonyl (C=O) groups is 2. The van der Waals surface area contributed by atoms with Gasteiger partial charge in [0, 0.05) is 12.5 Å². The number of Topliss-reactive ketones (excluding diaryl/α,β-unsaturated/α-hetero) is 1. The summed E-state index contributed by atoms with van der Waals surface area (Å²) in [5, 5.41) is 0. The molecule has 0 amide bonds. The number of esters is 1. The Kier molecular flexibility index (Phi) is 7.15. The van der Waals surface area contributed by atoms with Crippen LogP contribution in [0, 0.1) is 0 Å². The van der Waals surface area contributed by atoms with Crippen molar-refractivity contribution in [3.8, 4) is 5.75 Å². The van der Waals surface area contributed by atoms with E-state index in [0.29, 0.717) is 17.9 Å². The summed E-state index contributed by atoms with van der Waals surface area (Å²) in [6, 6.07) is 7.00. The average Bonchev–Trinajstić information content (AvgIpc) is 2.47. The minimum atomic E-state index is -0.551. The molecule has 21 heavy (non-hydrogen) atoms. The summed E-state index contributed by atoms with van der Waals surface area (Å²) in [6.07, 6.45) is 1.16. The van der Waals surface area contributed by atoms with Gasteiger partial charge < -0.3 is 9.47 Å². The Balaban J connectivity index is 3.00. The molecule has 0 aliphatic heterocycles.